The van der Waals surface area contributed by atoms with Crippen LogP contribution < -0.4 is 0 Å². The number of hydrogen-bond donors (Lipinski definition) is 0. The van der Waals surface area contributed by atoms with Gasteiger partial charge in [-0.25, -0.2) is 0 Å². The van der Waals surface area contributed by atoms with Gasteiger partial charge in [0, 0.05) is 25.1 Å². The third kappa shape index (κ3) is 4.63. The van der Waals surface area contributed by atoms with Crippen molar-refractivity contribution in [3.8, 4) is 0 Å². The van der Waals surface area contributed by atoms with Crippen LogP contribution in [0.4, 0.5) is 0 Å². The SMILES string of the molecule is Cc1cccc(C2CCCN(C(=O)C=Cc3ccc(C(C)C)cc3)C2)c1. The molecule has 2 aromatic rings. The summed E-state index contributed by atoms with van der Waals surface area (Å²) in [6, 6.07) is 17.2. The van der Waals surface area contributed by atoms with E-state index in [2.05, 4.69) is 69.3 Å². The number of nitrogens with zero attached hydrogens (tertiary/aromatic N) is 1. The molecule has 1 aliphatic heterocycles. The van der Waals surface area contributed by atoms with Crippen LogP contribution >= 0.6 is 0 Å². The zero-order valence-corrected chi connectivity index (χ0v) is 16.1. The smallest absolute Gasteiger partial charge is 0.246 e. The fraction of sp³-hybridized carbons (Fsp3) is 0.375. The lowest BCUT2D eigenvalue weighted by atomic mass is 9.90. The molecule has 0 aliphatic carbocycles. The Morgan fingerprint density at radius 1 is 1.15 bits per heavy atom. The van der Waals surface area contributed by atoms with E-state index in [9.17, 15) is 4.79 Å². The lowest BCUT2D eigenvalue weighted by Gasteiger charge is -2.32. The van der Waals surface area contributed by atoms with E-state index >= 15 is 0 Å². The largest absolute Gasteiger partial charge is 0.339 e. The average molecular weight is 348 g/mol. The van der Waals surface area contributed by atoms with Crippen molar-refractivity contribution in [3.05, 3.63) is 76.9 Å². The van der Waals surface area contributed by atoms with Gasteiger partial charge >= 0.3 is 0 Å². The van der Waals surface area contributed by atoms with Crippen LogP contribution in [0.15, 0.2) is 54.6 Å². The van der Waals surface area contributed by atoms with E-state index in [1.54, 1.807) is 6.08 Å². The number of benzene rings is 2. The Balaban J connectivity index is 1.63. The molecular weight excluding hydrogens is 318 g/mol. The molecule has 2 aromatic carbocycles. The average Bonchev–Trinajstić information content (AvgIpc) is 2.66. The molecule has 0 aromatic heterocycles. The maximum Gasteiger partial charge on any atom is 0.246 e. The van der Waals surface area contributed by atoms with Gasteiger partial charge in [0.2, 0.25) is 5.91 Å². The minimum Gasteiger partial charge on any atom is -0.339 e. The van der Waals surface area contributed by atoms with E-state index in [-0.39, 0.29) is 5.91 Å². The molecule has 26 heavy (non-hydrogen) atoms. The number of piperidine rings is 1. The molecule has 2 nitrogen and oxygen atoms in total. The first kappa shape index (κ1) is 18.4. The molecule has 1 fully saturated rings. The van der Waals surface area contributed by atoms with Gasteiger partial charge in [0.05, 0.1) is 0 Å². The molecule has 1 aliphatic rings. The molecular formula is C24H29NO. The third-order valence-corrected chi connectivity index (χ3v) is 5.27. The molecule has 2 heteroatoms. The first-order chi connectivity index (χ1) is 12.5. The van der Waals surface area contributed by atoms with Crippen LogP contribution in [0.5, 0.6) is 0 Å². The van der Waals surface area contributed by atoms with Gasteiger partial charge in [0.1, 0.15) is 0 Å². The summed E-state index contributed by atoms with van der Waals surface area (Å²) >= 11 is 0. The van der Waals surface area contributed by atoms with E-state index in [0.29, 0.717) is 11.8 Å². The van der Waals surface area contributed by atoms with Crippen molar-refractivity contribution in [1.82, 2.24) is 4.90 Å². The second-order valence-electron chi connectivity index (χ2n) is 7.69. The van der Waals surface area contributed by atoms with Crippen LogP contribution in [-0.2, 0) is 4.79 Å². The van der Waals surface area contributed by atoms with Crippen LogP contribution in [0.3, 0.4) is 0 Å². The lowest BCUT2D eigenvalue weighted by molar-refractivity contribution is -0.127. The van der Waals surface area contributed by atoms with Gasteiger partial charge in [-0.3, -0.25) is 4.79 Å². The highest BCUT2D eigenvalue weighted by atomic mass is 16.2. The quantitative estimate of drug-likeness (QED) is 0.665. The molecule has 1 heterocycles. The second kappa shape index (κ2) is 8.35. The van der Waals surface area contributed by atoms with Crippen molar-refractivity contribution in [3.63, 3.8) is 0 Å². The van der Waals surface area contributed by atoms with Crippen LogP contribution in [-0.4, -0.2) is 23.9 Å². The fourth-order valence-electron chi connectivity index (χ4n) is 3.64. The number of aryl methyl sites for hydroxylation is 1. The highest BCUT2D eigenvalue weighted by Gasteiger charge is 2.23. The van der Waals surface area contributed by atoms with Gasteiger partial charge in [0.25, 0.3) is 0 Å². The summed E-state index contributed by atoms with van der Waals surface area (Å²) in [5.41, 5.74) is 5.05. The Hall–Kier alpha value is -2.35. The molecule has 0 bridgehead atoms. The van der Waals surface area contributed by atoms with Crippen LogP contribution in [0.25, 0.3) is 6.08 Å². The molecule has 0 radical (unpaired) electrons. The molecule has 1 unspecified atom stereocenters. The molecule has 1 saturated heterocycles. The summed E-state index contributed by atoms with van der Waals surface area (Å²) < 4.78 is 0. The second-order valence-corrected chi connectivity index (χ2v) is 7.69. The molecule has 0 spiro atoms. The third-order valence-electron chi connectivity index (χ3n) is 5.27. The summed E-state index contributed by atoms with van der Waals surface area (Å²) in [4.78, 5) is 14.6. The molecule has 3 rings (SSSR count). The van der Waals surface area contributed by atoms with Crippen molar-refractivity contribution in [2.24, 2.45) is 0 Å². The summed E-state index contributed by atoms with van der Waals surface area (Å²) in [6.45, 7) is 8.18. The van der Waals surface area contributed by atoms with E-state index in [0.717, 1.165) is 31.5 Å². The van der Waals surface area contributed by atoms with E-state index in [1.807, 2.05) is 11.0 Å². The summed E-state index contributed by atoms with van der Waals surface area (Å²) in [5.74, 6) is 1.10. The Morgan fingerprint density at radius 2 is 1.92 bits per heavy atom. The molecule has 0 saturated carbocycles. The predicted molar refractivity (Wildman–Crippen MR) is 109 cm³/mol. The van der Waals surface area contributed by atoms with E-state index < -0.39 is 0 Å². The monoisotopic (exact) mass is 347 g/mol. The molecule has 1 amide bonds. The topological polar surface area (TPSA) is 20.3 Å². The fourth-order valence-corrected chi connectivity index (χ4v) is 3.64. The van der Waals surface area contributed by atoms with Gasteiger partial charge in [0.15, 0.2) is 0 Å². The maximum absolute atomic E-state index is 12.6. The summed E-state index contributed by atoms with van der Waals surface area (Å²) in [6.07, 6.45) is 5.89. The van der Waals surface area contributed by atoms with Gasteiger partial charge in [-0.05, 0) is 48.4 Å². The van der Waals surface area contributed by atoms with Crippen molar-refractivity contribution in [1.29, 1.82) is 0 Å². The lowest BCUT2D eigenvalue weighted by Crippen LogP contribution is -2.38. The zero-order valence-electron chi connectivity index (χ0n) is 16.1. The highest BCUT2D eigenvalue weighted by Crippen LogP contribution is 2.27. The zero-order chi connectivity index (χ0) is 18.5. The van der Waals surface area contributed by atoms with Crippen molar-refractivity contribution >= 4 is 12.0 Å². The predicted octanol–water partition coefficient (Wildman–Crippen LogP) is 5.54. The first-order valence-electron chi connectivity index (χ1n) is 9.66. The maximum atomic E-state index is 12.6. The molecule has 1 atom stereocenters. The van der Waals surface area contributed by atoms with E-state index in [4.69, 9.17) is 0 Å². The van der Waals surface area contributed by atoms with Gasteiger partial charge in [-0.15, -0.1) is 0 Å². The Labute approximate surface area is 157 Å². The Morgan fingerprint density at radius 3 is 2.62 bits per heavy atom. The molecule has 0 N–H and O–H groups in total. The summed E-state index contributed by atoms with van der Waals surface area (Å²) in [7, 11) is 0. The van der Waals surface area contributed by atoms with Crippen molar-refractivity contribution in [2.75, 3.05) is 13.1 Å². The van der Waals surface area contributed by atoms with Crippen LogP contribution in [0.1, 0.15) is 60.8 Å². The van der Waals surface area contributed by atoms with Gasteiger partial charge < -0.3 is 4.90 Å². The molecule has 136 valence electrons. The summed E-state index contributed by atoms with van der Waals surface area (Å²) in [5, 5.41) is 0. The number of carbonyl (C=O) groups excluding carboxylic acids is 1. The van der Waals surface area contributed by atoms with Crippen LogP contribution in [0, 0.1) is 6.92 Å². The number of rotatable bonds is 4. The van der Waals surface area contributed by atoms with Crippen molar-refractivity contribution < 1.29 is 4.79 Å². The van der Waals surface area contributed by atoms with Gasteiger partial charge in [-0.2, -0.15) is 0 Å². The number of carbonyl (C=O) groups is 1. The minimum atomic E-state index is 0.121. The Bertz CT molecular complexity index is 773. The number of likely N-dealkylation sites (tertiary alicyclic amines) is 1. The number of hydrogen-bond acceptors (Lipinski definition) is 1. The van der Waals surface area contributed by atoms with Crippen LogP contribution in [0.2, 0.25) is 0 Å². The Kier molecular flexibility index (Phi) is 5.92. The normalized spacial score (nSPS) is 17.8. The first-order valence-corrected chi connectivity index (χ1v) is 9.66. The standard InChI is InChI=1S/C24H29NO/c1-18(2)21-12-9-20(10-13-21)11-14-24(26)25-15-5-8-23(17-25)22-7-4-6-19(3)16-22/h4,6-7,9-14,16,18,23H,5,8,15,17H2,1-3H3. The van der Waals surface area contributed by atoms with E-state index in [1.165, 1.54) is 16.7 Å². The number of amides is 1. The van der Waals surface area contributed by atoms with Gasteiger partial charge in [-0.1, -0.05) is 67.9 Å². The highest BCUT2D eigenvalue weighted by molar-refractivity contribution is 5.91. The van der Waals surface area contributed by atoms with Crippen molar-refractivity contribution in [2.45, 2.75) is 45.4 Å². The minimum absolute atomic E-state index is 0.121.